The number of benzene rings is 2. The van der Waals surface area contributed by atoms with Crippen molar-refractivity contribution in [2.45, 2.75) is 26.2 Å². The summed E-state index contributed by atoms with van der Waals surface area (Å²) in [5.41, 5.74) is 2.07. The number of nitrogens with zero attached hydrogens (tertiary/aromatic N) is 2. The summed E-state index contributed by atoms with van der Waals surface area (Å²) >= 11 is 1.22. The van der Waals surface area contributed by atoms with Crippen LogP contribution in [-0.4, -0.2) is 12.9 Å². The van der Waals surface area contributed by atoms with Gasteiger partial charge >= 0.3 is 0 Å². The van der Waals surface area contributed by atoms with Crippen molar-refractivity contribution in [3.63, 3.8) is 0 Å². The summed E-state index contributed by atoms with van der Waals surface area (Å²) in [6.45, 7) is 0. The molecule has 0 spiro atoms. The molecule has 0 aliphatic carbocycles. The maximum absolute atomic E-state index is 6.15. The number of aliphatic imine (C=N–C) groups is 1. The Bertz CT molecular complexity index is 567. The van der Waals surface area contributed by atoms with Crippen molar-refractivity contribution in [3.8, 4) is 0 Å². The van der Waals surface area contributed by atoms with E-state index < -0.39 is 0 Å². The molecule has 0 saturated carbocycles. The average Bonchev–Trinajstić information content (AvgIpc) is 2.53. The normalized spacial score (nSPS) is 10.4. The van der Waals surface area contributed by atoms with E-state index in [1.165, 1.54) is 17.5 Å². The summed E-state index contributed by atoms with van der Waals surface area (Å²) in [5.74, 6) is 6.96. The van der Waals surface area contributed by atoms with Crippen molar-refractivity contribution in [1.29, 1.82) is 0 Å². The molecule has 22 heavy (non-hydrogen) atoms. The van der Waals surface area contributed by atoms with Crippen LogP contribution in [0.2, 0.25) is 0 Å². The van der Waals surface area contributed by atoms with Gasteiger partial charge in [0, 0.05) is 18.4 Å². The largest absolute Gasteiger partial charge is 0.274 e. The number of hydrogen-bond donors (Lipinski definition) is 2. The van der Waals surface area contributed by atoms with Gasteiger partial charge in [0.25, 0.3) is 0 Å². The molecule has 0 atom stereocenters. The maximum Gasteiger partial charge on any atom is 0.122 e. The molecular weight excluding hydrogens is 292 g/mol. The lowest BCUT2D eigenvalue weighted by atomic mass is 10.1. The topological polar surface area (TPSA) is 67.6 Å². The first-order valence-electron chi connectivity index (χ1n) is 6.26. The third-order valence-electron chi connectivity index (χ3n) is 2.99. The van der Waals surface area contributed by atoms with Crippen LogP contribution in [0.4, 0.5) is 5.69 Å². The summed E-state index contributed by atoms with van der Waals surface area (Å²) in [4.78, 5) is 5.29. The Hall–Kier alpha value is -1.82. The summed E-state index contributed by atoms with van der Waals surface area (Å²) in [5, 5.41) is 7.12. The smallest absolute Gasteiger partial charge is 0.122 e. The van der Waals surface area contributed by atoms with Gasteiger partial charge < -0.3 is 0 Å². The lowest BCUT2D eigenvalue weighted by Crippen LogP contribution is -2.38. The van der Waals surface area contributed by atoms with E-state index in [0.29, 0.717) is 6.42 Å². The minimum absolute atomic E-state index is 0. The Balaban J connectivity index is 0.00000220. The highest BCUT2D eigenvalue weighted by atomic mass is 32.2. The number of anilines is 1. The van der Waals surface area contributed by atoms with Gasteiger partial charge in [-0.15, -0.1) is 0 Å². The Labute approximate surface area is 138 Å². The summed E-state index contributed by atoms with van der Waals surface area (Å²) in [6, 6.07) is 17.9. The predicted octanol–water partition coefficient (Wildman–Crippen LogP) is 3.88. The zero-order valence-electron chi connectivity index (χ0n) is 11.4. The van der Waals surface area contributed by atoms with E-state index in [-0.39, 0.29) is 14.9 Å². The van der Waals surface area contributed by atoms with Gasteiger partial charge in [0.1, 0.15) is 5.84 Å². The molecule has 0 aliphatic rings. The van der Waals surface area contributed by atoms with Crippen LogP contribution in [0.25, 0.3) is 0 Å². The molecule has 2 rings (SSSR count). The molecule has 5 heteroatoms. The molecule has 120 valence electrons. The zero-order chi connectivity index (χ0) is 14.4. The quantitative estimate of drug-likeness (QED) is 0.295. The lowest BCUT2D eigenvalue weighted by Gasteiger charge is -2.21. The molecular formula is C17H26N4S. The van der Waals surface area contributed by atoms with Crippen LogP contribution < -0.4 is 16.0 Å². The minimum atomic E-state index is 0. The fraction of sp³-hybridized carbons (Fsp3) is 0.235. The average molecular weight is 318 g/mol. The minimum Gasteiger partial charge on any atom is -0.274 e. The van der Waals surface area contributed by atoms with Crippen LogP contribution in [0.15, 0.2) is 64.5 Å². The van der Waals surface area contributed by atoms with E-state index in [1.807, 2.05) is 42.5 Å². The maximum atomic E-state index is 6.15. The van der Waals surface area contributed by atoms with Crippen LogP contribution >= 0.6 is 11.9 Å². The Morgan fingerprint density at radius 3 is 2.14 bits per heavy atom. The van der Waals surface area contributed by atoms with Gasteiger partial charge in [-0.1, -0.05) is 45.2 Å². The van der Waals surface area contributed by atoms with Crippen molar-refractivity contribution < 1.29 is 0 Å². The van der Waals surface area contributed by atoms with Crippen molar-refractivity contribution in [2.75, 3.05) is 12.1 Å². The standard InChI is InChI=1S/C15H18N4S.2CH4/c1-18-15(11-12-5-3-2-4-6-12)19(16)13-7-9-14(20-17)10-8-13;;/h2-10H,11,16-17H2,1H3;2*1H4. The number of nitrogens with two attached hydrogens (primary N) is 2. The van der Waals surface area contributed by atoms with Crippen LogP contribution in [-0.2, 0) is 6.42 Å². The fourth-order valence-corrected chi connectivity index (χ4v) is 2.18. The van der Waals surface area contributed by atoms with Gasteiger partial charge in [0.2, 0.25) is 0 Å². The molecule has 0 unspecified atom stereocenters. The number of amidine groups is 1. The third kappa shape index (κ3) is 5.18. The van der Waals surface area contributed by atoms with Gasteiger partial charge in [0.15, 0.2) is 0 Å². The summed E-state index contributed by atoms with van der Waals surface area (Å²) in [6.07, 6.45) is 0.696. The molecule has 0 amide bonds. The van der Waals surface area contributed by atoms with Gasteiger partial charge in [-0.2, -0.15) is 0 Å². The molecule has 0 bridgehead atoms. The highest BCUT2D eigenvalue weighted by Gasteiger charge is 2.10. The van der Waals surface area contributed by atoms with E-state index in [0.717, 1.165) is 16.4 Å². The van der Waals surface area contributed by atoms with Crippen LogP contribution in [0, 0.1) is 0 Å². The molecule has 0 aromatic heterocycles. The second-order valence-corrected chi connectivity index (χ2v) is 4.99. The molecule has 0 heterocycles. The Morgan fingerprint density at radius 1 is 1.05 bits per heavy atom. The van der Waals surface area contributed by atoms with E-state index in [4.69, 9.17) is 11.0 Å². The van der Waals surface area contributed by atoms with Gasteiger partial charge in [-0.05, 0) is 41.8 Å². The van der Waals surface area contributed by atoms with E-state index >= 15 is 0 Å². The molecule has 2 aromatic carbocycles. The molecule has 0 aliphatic heterocycles. The van der Waals surface area contributed by atoms with Gasteiger partial charge in [-0.25, -0.2) is 5.84 Å². The highest BCUT2D eigenvalue weighted by Crippen LogP contribution is 2.18. The molecule has 0 fully saturated rings. The first kappa shape index (κ1) is 20.2. The lowest BCUT2D eigenvalue weighted by molar-refractivity contribution is 1.07. The first-order valence-corrected chi connectivity index (χ1v) is 7.13. The van der Waals surface area contributed by atoms with Crippen molar-refractivity contribution in [3.05, 3.63) is 60.2 Å². The number of hydrazine groups is 1. The second kappa shape index (κ2) is 10.00. The van der Waals surface area contributed by atoms with E-state index in [9.17, 15) is 0 Å². The van der Waals surface area contributed by atoms with Crippen LogP contribution in [0.1, 0.15) is 20.4 Å². The van der Waals surface area contributed by atoms with Gasteiger partial charge in [-0.3, -0.25) is 15.1 Å². The zero-order valence-corrected chi connectivity index (χ0v) is 12.2. The number of rotatable bonds is 4. The molecule has 4 nitrogen and oxygen atoms in total. The van der Waals surface area contributed by atoms with E-state index in [2.05, 4.69) is 17.1 Å². The molecule has 0 saturated heterocycles. The van der Waals surface area contributed by atoms with Crippen LogP contribution in [0.5, 0.6) is 0 Å². The molecule has 4 N–H and O–H groups in total. The molecule has 2 aromatic rings. The SMILES string of the molecule is C.C.CN=C(Cc1ccccc1)N(N)c1ccc(SN)cc1. The third-order valence-corrected chi connectivity index (χ3v) is 3.54. The molecule has 0 radical (unpaired) electrons. The van der Waals surface area contributed by atoms with Crippen molar-refractivity contribution in [2.24, 2.45) is 16.0 Å². The fourth-order valence-electron chi connectivity index (χ4n) is 1.88. The summed E-state index contributed by atoms with van der Waals surface area (Å²) < 4.78 is 0. The van der Waals surface area contributed by atoms with Crippen molar-refractivity contribution in [1.82, 2.24) is 0 Å². The van der Waals surface area contributed by atoms with E-state index in [1.54, 1.807) is 12.1 Å². The predicted molar refractivity (Wildman–Crippen MR) is 100 cm³/mol. The van der Waals surface area contributed by atoms with Crippen molar-refractivity contribution >= 4 is 23.5 Å². The van der Waals surface area contributed by atoms with Gasteiger partial charge in [0.05, 0.1) is 5.69 Å². The summed E-state index contributed by atoms with van der Waals surface area (Å²) in [7, 11) is 1.75. The Morgan fingerprint density at radius 2 is 1.64 bits per heavy atom. The monoisotopic (exact) mass is 318 g/mol. The van der Waals surface area contributed by atoms with Crippen LogP contribution in [0.3, 0.4) is 0 Å². The first-order chi connectivity index (χ1) is 9.74. The Kier molecular flexibility index (Phi) is 9.17. The highest BCUT2D eigenvalue weighted by molar-refractivity contribution is 7.97. The number of hydrogen-bond acceptors (Lipinski definition) is 4. The second-order valence-electron chi connectivity index (χ2n) is 4.28.